The molecule has 4 aromatic rings. The molecule has 7 heteroatoms. The van der Waals surface area contributed by atoms with Gasteiger partial charge < -0.3 is 0 Å². The lowest BCUT2D eigenvalue weighted by Gasteiger charge is -2.19. The predicted molar refractivity (Wildman–Crippen MR) is 137 cm³/mol. The van der Waals surface area contributed by atoms with Gasteiger partial charge in [0.05, 0.1) is 5.69 Å². The van der Waals surface area contributed by atoms with Crippen LogP contribution in [0.25, 0.3) is 22.0 Å². The minimum absolute atomic E-state index is 0.305. The van der Waals surface area contributed by atoms with Crippen LogP contribution in [0.3, 0.4) is 0 Å². The van der Waals surface area contributed by atoms with Crippen LogP contribution in [0.1, 0.15) is 54.9 Å². The van der Waals surface area contributed by atoms with E-state index in [0.29, 0.717) is 6.04 Å². The third kappa shape index (κ3) is 4.30. The van der Waals surface area contributed by atoms with Gasteiger partial charge in [-0.15, -0.1) is 32.9 Å². The average molecular weight is 481 g/mol. The third-order valence-electron chi connectivity index (χ3n) is 6.02. The molecule has 1 unspecified atom stereocenters. The lowest BCUT2D eigenvalue weighted by Crippen LogP contribution is -2.10. The van der Waals surface area contributed by atoms with Crippen molar-refractivity contribution in [2.45, 2.75) is 63.9 Å². The predicted octanol–water partition coefficient (Wildman–Crippen LogP) is 7.44. The maximum absolute atomic E-state index is 4.86. The van der Waals surface area contributed by atoms with Crippen molar-refractivity contribution >= 4 is 34.4 Å². The summed E-state index contributed by atoms with van der Waals surface area (Å²) < 4.78 is 2.30. The molecule has 0 radical (unpaired) electrons. The van der Waals surface area contributed by atoms with Crippen molar-refractivity contribution in [2.75, 3.05) is 0 Å². The van der Waals surface area contributed by atoms with Gasteiger partial charge >= 0.3 is 0 Å². The van der Waals surface area contributed by atoms with Crippen molar-refractivity contribution in [3.8, 4) is 22.0 Å². The van der Waals surface area contributed by atoms with Gasteiger partial charge in [-0.05, 0) is 51.5 Å². The summed E-state index contributed by atoms with van der Waals surface area (Å²) in [5.41, 5.74) is 6.34. The molecule has 1 aromatic carbocycles. The number of benzene rings is 1. The molecule has 0 fully saturated rings. The number of thiazole rings is 1. The summed E-state index contributed by atoms with van der Waals surface area (Å²) in [6.07, 6.45) is 3.62. The van der Waals surface area contributed by atoms with Gasteiger partial charge in [0.15, 0.2) is 11.0 Å². The second-order valence-electron chi connectivity index (χ2n) is 8.97. The largest absolute Gasteiger partial charge is 0.299 e. The first-order chi connectivity index (χ1) is 15.5. The zero-order valence-corrected chi connectivity index (χ0v) is 21.4. The number of aromatic nitrogens is 4. The second kappa shape index (κ2) is 9.12. The van der Waals surface area contributed by atoms with Crippen molar-refractivity contribution in [3.63, 3.8) is 0 Å². The van der Waals surface area contributed by atoms with Crippen molar-refractivity contribution in [1.29, 1.82) is 0 Å². The highest BCUT2D eigenvalue weighted by molar-refractivity contribution is 7.98. The Morgan fingerprint density at radius 1 is 1.12 bits per heavy atom. The molecule has 3 aromatic heterocycles. The summed E-state index contributed by atoms with van der Waals surface area (Å²) in [6.45, 7) is 8.90. The number of rotatable bonds is 6. The van der Waals surface area contributed by atoms with E-state index in [1.54, 1.807) is 23.1 Å². The van der Waals surface area contributed by atoms with E-state index in [4.69, 9.17) is 4.98 Å². The monoisotopic (exact) mass is 480 g/mol. The van der Waals surface area contributed by atoms with Crippen LogP contribution in [0.15, 0.2) is 40.2 Å². The smallest absolute Gasteiger partial charge is 0.192 e. The molecule has 0 aliphatic heterocycles. The molecule has 32 heavy (non-hydrogen) atoms. The molecule has 4 nitrogen and oxygen atoms in total. The first-order valence-electron chi connectivity index (χ1n) is 11.2. The Balaban J connectivity index is 1.37. The third-order valence-corrected chi connectivity index (χ3v) is 8.99. The number of nitrogens with zero attached hydrogens (tertiary/aromatic N) is 4. The zero-order valence-electron chi connectivity index (χ0n) is 19.0. The Morgan fingerprint density at radius 2 is 1.94 bits per heavy atom. The maximum Gasteiger partial charge on any atom is 0.192 e. The standard InChI is InChI=1S/C25H28N4S3/c1-15(2)29-23(21-14-30-22-11-17(4)7-10-20(21)22)27-28-25(29)32-13-19-12-31-24(26-19)18-8-5-16(3)6-9-18/h5-6,8-9,12,14-15,17H,7,10-11,13H2,1-4H3. The summed E-state index contributed by atoms with van der Waals surface area (Å²) in [5, 5.41) is 15.8. The Labute approximate surface area is 202 Å². The lowest BCUT2D eigenvalue weighted by atomic mass is 9.88. The second-order valence-corrected chi connectivity index (χ2v) is 11.7. The molecule has 0 bridgehead atoms. The fourth-order valence-corrected chi connectivity index (χ4v) is 7.36. The number of hydrogen-bond acceptors (Lipinski definition) is 6. The highest BCUT2D eigenvalue weighted by Crippen LogP contribution is 2.39. The van der Waals surface area contributed by atoms with E-state index < -0.39 is 0 Å². The molecule has 0 amide bonds. The van der Waals surface area contributed by atoms with Crippen LogP contribution in [-0.4, -0.2) is 19.7 Å². The van der Waals surface area contributed by atoms with Crippen LogP contribution in [0.4, 0.5) is 0 Å². The van der Waals surface area contributed by atoms with Crippen LogP contribution in [-0.2, 0) is 18.6 Å². The summed E-state index contributed by atoms with van der Waals surface area (Å²) >= 11 is 5.33. The van der Waals surface area contributed by atoms with Crippen molar-refractivity contribution in [3.05, 3.63) is 56.7 Å². The average Bonchev–Trinajstić information content (AvgIpc) is 3.50. The van der Waals surface area contributed by atoms with E-state index in [1.165, 1.54) is 40.0 Å². The van der Waals surface area contributed by atoms with E-state index in [2.05, 4.69) is 77.5 Å². The van der Waals surface area contributed by atoms with E-state index in [1.807, 2.05) is 11.3 Å². The topological polar surface area (TPSA) is 43.6 Å². The van der Waals surface area contributed by atoms with Gasteiger partial charge in [-0.25, -0.2) is 4.98 Å². The molecule has 1 aliphatic carbocycles. The fourth-order valence-electron chi connectivity index (χ4n) is 4.23. The van der Waals surface area contributed by atoms with Gasteiger partial charge in [-0.3, -0.25) is 4.57 Å². The fraction of sp³-hybridized carbons (Fsp3) is 0.400. The molecule has 0 N–H and O–H groups in total. The maximum atomic E-state index is 4.86. The Bertz CT molecular complexity index is 1220. The lowest BCUT2D eigenvalue weighted by molar-refractivity contribution is 0.507. The van der Waals surface area contributed by atoms with E-state index >= 15 is 0 Å². The number of thioether (sulfide) groups is 1. The van der Waals surface area contributed by atoms with Crippen molar-refractivity contribution in [2.24, 2.45) is 5.92 Å². The molecule has 3 heterocycles. The molecular weight excluding hydrogens is 453 g/mol. The van der Waals surface area contributed by atoms with Crippen LogP contribution in [0.2, 0.25) is 0 Å². The molecule has 166 valence electrons. The molecule has 5 rings (SSSR count). The molecule has 0 saturated heterocycles. The minimum atomic E-state index is 0.305. The number of fused-ring (bicyclic) bond motifs is 1. The van der Waals surface area contributed by atoms with Crippen LogP contribution in [0.5, 0.6) is 0 Å². The Hall–Kier alpha value is -1.96. The molecule has 1 atom stereocenters. The van der Waals surface area contributed by atoms with E-state index in [-0.39, 0.29) is 0 Å². The van der Waals surface area contributed by atoms with E-state index in [9.17, 15) is 0 Å². The van der Waals surface area contributed by atoms with Gasteiger partial charge in [0.1, 0.15) is 5.01 Å². The SMILES string of the molecule is Cc1ccc(-c2nc(CSc3nnc(-c4csc5c4CCC(C)C5)n3C(C)C)cs2)cc1. The Kier molecular flexibility index (Phi) is 6.23. The number of hydrogen-bond donors (Lipinski definition) is 0. The summed E-state index contributed by atoms with van der Waals surface area (Å²) in [6, 6.07) is 8.88. The van der Waals surface area contributed by atoms with E-state index in [0.717, 1.165) is 39.8 Å². The Morgan fingerprint density at radius 3 is 2.72 bits per heavy atom. The van der Waals surface area contributed by atoms with Gasteiger partial charge in [0.2, 0.25) is 0 Å². The first-order valence-corrected chi connectivity index (χ1v) is 13.9. The minimum Gasteiger partial charge on any atom is -0.299 e. The summed E-state index contributed by atoms with van der Waals surface area (Å²) in [7, 11) is 0. The molecule has 0 spiro atoms. The summed E-state index contributed by atoms with van der Waals surface area (Å²) in [4.78, 5) is 6.40. The zero-order chi connectivity index (χ0) is 22.2. The quantitative estimate of drug-likeness (QED) is 0.269. The van der Waals surface area contributed by atoms with Crippen LogP contribution >= 0.6 is 34.4 Å². The molecule has 0 saturated carbocycles. The molecular formula is C25H28N4S3. The normalized spacial score (nSPS) is 16.0. The highest BCUT2D eigenvalue weighted by atomic mass is 32.2. The van der Waals surface area contributed by atoms with Gasteiger partial charge in [-0.2, -0.15) is 0 Å². The van der Waals surface area contributed by atoms with Crippen molar-refractivity contribution < 1.29 is 0 Å². The van der Waals surface area contributed by atoms with Gasteiger partial charge in [0, 0.05) is 38.6 Å². The summed E-state index contributed by atoms with van der Waals surface area (Å²) in [5.74, 6) is 2.60. The number of aryl methyl sites for hydroxylation is 1. The highest BCUT2D eigenvalue weighted by Gasteiger charge is 2.25. The van der Waals surface area contributed by atoms with Crippen LogP contribution in [0, 0.1) is 12.8 Å². The van der Waals surface area contributed by atoms with Crippen molar-refractivity contribution in [1.82, 2.24) is 19.7 Å². The number of thiophene rings is 1. The van der Waals surface area contributed by atoms with Crippen LogP contribution < -0.4 is 0 Å². The van der Waals surface area contributed by atoms with Gasteiger partial charge in [-0.1, -0.05) is 48.5 Å². The first kappa shape index (κ1) is 21.9. The van der Waals surface area contributed by atoms with Gasteiger partial charge in [0.25, 0.3) is 0 Å². The molecule has 1 aliphatic rings.